The second kappa shape index (κ2) is 7.58. The Morgan fingerprint density at radius 2 is 1.86 bits per heavy atom. The molecule has 1 heterocycles. The van der Waals surface area contributed by atoms with E-state index >= 15 is 0 Å². The highest BCUT2D eigenvalue weighted by molar-refractivity contribution is 6.35. The van der Waals surface area contributed by atoms with Crippen LogP contribution in [0.25, 0.3) is 0 Å². The highest BCUT2D eigenvalue weighted by Crippen LogP contribution is 2.17. The van der Waals surface area contributed by atoms with E-state index in [0.717, 1.165) is 4.90 Å². The topological polar surface area (TPSA) is 144 Å². The summed E-state index contributed by atoms with van der Waals surface area (Å²) in [6, 6.07) is -1.01. The zero-order chi connectivity index (χ0) is 16.0. The number of nitrogens with one attached hydrogen (secondary N) is 1. The number of carboxylic acids is 2. The first-order valence-corrected chi connectivity index (χ1v) is 6.57. The van der Waals surface area contributed by atoms with Crippen LogP contribution in [-0.2, 0) is 19.2 Å². The minimum atomic E-state index is -1.62. The lowest BCUT2D eigenvalue weighted by molar-refractivity contribution is -0.156. The van der Waals surface area contributed by atoms with Crippen molar-refractivity contribution in [2.75, 3.05) is 13.1 Å². The van der Waals surface area contributed by atoms with Gasteiger partial charge in [-0.05, 0) is 19.3 Å². The van der Waals surface area contributed by atoms with Gasteiger partial charge in [-0.15, -0.1) is 0 Å². The fraction of sp³-hybridized carbons (Fsp3) is 0.667. The number of hydrogen-bond acceptors (Lipinski definition) is 5. The van der Waals surface area contributed by atoms with Gasteiger partial charge < -0.3 is 25.5 Å². The highest BCUT2D eigenvalue weighted by atomic mass is 16.4. The lowest BCUT2D eigenvalue weighted by Gasteiger charge is -2.32. The van der Waals surface area contributed by atoms with Crippen molar-refractivity contribution in [3.8, 4) is 0 Å². The highest BCUT2D eigenvalue weighted by Gasteiger charge is 2.34. The first-order chi connectivity index (χ1) is 9.84. The quantitative estimate of drug-likeness (QED) is 0.448. The fourth-order valence-electron chi connectivity index (χ4n) is 2.08. The van der Waals surface area contributed by atoms with Crippen molar-refractivity contribution in [1.82, 2.24) is 10.2 Å². The minimum Gasteiger partial charge on any atom is -0.480 e. The number of hydrogen-bond donors (Lipinski definition) is 4. The van der Waals surface area contributed by atoms with Crippen LogP contribution in [-0.4, -0.2) is 69.2 Å². The summed E-state index contributed by atoms with van der Waals surface area (Å²) in [7, 11) is 0. The van der Waals surface area contributed by atoms with Crippen molar-refractivity contribution in [3.63, 3.8) is 0 Å². The first-order valence-electron chi connectivity index (χ1n) is 6.57. The Morgan fingerprint density at radius 1 is 1.19 bits per heavy atom. The molecule has 0 aromatic heterocycles. The number of aliphatic hydroxyl groups is 1. The van der Waals surface area contributed by atoms with Crippen LogP contribution in [0.15, 0.2) is 0 Å². The summed E-state index contributed by atoms with van der Waals surface area (Å²) in [5.74, 6) is -4.53. The number of carbonyl (C=O) groups is 4. The number of aliphatic carboxylic acids is 2. The molecule has 0 aromatic rings. The third-order valence-electron chi connectivity index (χ3n) is 3.23. The maximum atomic E-state index is 11.9. The van der Waals surface area contributed by atoms with Gasteiger partial charge in [-0.3, -0.25) is 9.59 Å². The molecule has 1 rings (SSSR count). The normalized spacial score (nSPS) is 19.7. The molecule has 2 atom stereocenters. The summed E-state index contributed by atoms with van der Waals surface area (Å²) < 4.78 is 0. The molecule has 4 N–H and O–H groups in total. The van der Waals surface area contributed by atoms with Gasteiger partial charge >= 0.3 is 23.8 Å². The predicted octanol–water partition coefficient (Wildman–Crippen LogP) is -1.60. The summed E-state index contributed by atoms with van der Waals surface area (Å²) in [6.45, 7) is 0.00455. The van der Waals surface area contributed by atoms with Crippen LogP contribution in [0.2, 0.25) is 0 Å². The molecule has 9 nitrogen and oxygen atoms in total. The molecule has 1 fully saturated rings. The molecule has 0 unspecified atom stereocenters. The molecule has 0 bridgehead atoms. The van der Waals surface area contributed by atoms with E-state index in [2.05, 4.69) is 5.32 Å². The van der Waals surface area contributed by atoms with Crippen LogP contribution >= 0.6 is 0 Å². The van der Waals surface area contributed by atoms with Gasteiger partial charge in [0.25, 0.3) is 0 Å². The summed E-state index contributed by atoms with van der Waals surface area (Å²) in [5, 5.41) is 28.7. The van der Waals surface area contributed by atoms with E-state index in [4.69, 9.17) is 15.3 Å². The van der Waals surface area contributed by atoms with Gasteiger partial charge in [0, 0.05) is 19.5 Å². The number of amides is 2. The Bertz CT molecular complexity index is 437. The van der Waals surface area contributed by atoms with Crippen molar-refractivity contribution in [3.05, 3.63) is 0 Å². The van der Waals surface area contributed by atoms with Crippen molar-refractivity contribution in [2.45, 2.75) is 37.8 Å². The number of nitrogens with zero attached hydrogens (tertiary/aromatic N) is 1. The molecule has 0 aliphatic carbocycles. The van der Waals surface area contributed by atoms with Crippen molar-refractivity contribution in [1.29, 1.82) is 0 Å². The van der Waals surface area contributed by atoms with E-state index < -0.39 is 35.9 Å². The number of piperidine rings is 1. The summed E-state index contributed by atoms with van der Waals surface area (Å²) in [5.41, 5.74) is 0. The second-order valence-corrected chi connectivity index (χ2v) is 4.75. The first kappa shape index (κ1) is 16.9. The molecule has 21 heavy (non-hydrogen) atoms. The molecule has 1 aliphatic heterocycles. The summed E-state index contributed by atoms with van der Waals surface area (Å²) >= 11 is 0. The van der Waals surface area contributed by atoms with Crippen molar-refractivity contribution >= 4 is 23.8 Å². The third kappa shape index (κ3) is 4.71. The van der Waals surface area contributed by atoms with Gasteiger partial charge in [-0.1, -0.05) is 0 Å². The van der Waals surface area contributed by atoms with Crippen LogP contribution < -0.4 is 5.32 Å². The lowest BCUT2D eigenvalue weighted by Crippen LogP contribution is -2.53. The van der Waals surface area contributed by atoms with E-state index in [0.29, 0.717) is 19.3 Å². The van der Waals surface area contributed by atoms with Gasteiger partial charge in [-0.25, -0.2) is 9.59 Å². The molecule has 9 heteroatoms. The maximum Gasteiger partial charge on any atom is 0.332 e. The SMILES string of the molecule is O=C(NCC[C@H](O)C(=O)O)C(=O)N1CCCC[C@H]1C(=O)O. The second-order valence-electron chi connectivity index (χ2n) is 4.75. The van der Waals surface area contributed by atoms with Crippen LogP contribution in [0, 0.1) is 0 Å². The van der Waals surface area contributed by atoms with Gasteiger partial charge in [-0.2, -0.15) is 0 Å². The van der Waals surface area contributed by atoms with Crippen molar-refractivity contribution in [2.24, 2.45) is 0 Å². The lowest BCUT2D eigenvalue weighted by atomic mass is 10.0. The third-order valence-corrected chi connectivity index (χ3v) is 3.23. The molecule has 118 valence electrons. The standard InChI is InChI=1S/C12H18N2O7/c15-8(12(20)21)4-5-13-9(16)10(17)14-6-2-1-3-7(14)11(18)19/h7-8,15H,1-6H2,(H,13,16)(H,18,19)(H,20,21)/t7-,8-/m0/s1. The number of aliphatic hydroxyl groups excluding tert-OH is 1. The Balaban J connectivity index is 2.51. The summed E-state index contributed by atoms with van der Waals surface area (Å²) in [6.07, 6.45) is -0.265. The van der Waals surface area contributed by atoms with Gasteiger partial charge in [0.15, 0.2) is 6.10 Å². The number of carbonyl (C=O) groups excluding carboxylic acids is 2. The predicted molar refractivity (Wildman–Crippen MR) is 68.3 cm³/mol. The molecular formula is C12H18N2O7. The van der Waals surface area contributed by atoms with Gasteiger partial charge in [0.1, 0.15) is 6.04 Å². The Morgan fingerprint density at radius 3 is 2.43 bits per heavy atom. The number of rotatable bonds is 5. The molecule has 0 saturated carbocycles. The Labute approximate surface area is 120 Å². The molecule has 1 saturated heterocycles. The van der Waals surface area contributed by atoms with Gasteiger partial charge in [0.2, 0.25) is 0 Å². The molecule has 2 amide bonds. The fourth-order valence-corrected chi connectivity index (χ4v) is 2.08. The molecule has 0 radical (unpaired) electrons. The summed E-state index contributed by atoms with van der Waals surface area (Å²) in [4.78, 5) is 46.0. The molecule has 1 aliphatic rings. The largest absolute Gasteiger partial charge is 0.480 e. The zero-order valence-electron chi connectivity index (χ0n) is 11.3. The van der Waals surface area contributed by atoms with Crippen molar-refractivity contribution < 1.29 is 34.5 Å². The van der Waals surface area contributed by atoms with Crippen LogP contribution in [0.5, 0.6) is 0 Å². The zero-order valence-corrected chi connectivity index (χ0v) is 11.3. The maximum absolute atomic E-state index is 11.9. The van der Waals surface area contributed by atoms with Crippen LogP contribution in [0.4, 0.5) is 0 Å². The molecule has 0 spiro atoms. The molecule has 0 aromatic carbocycles. The van der Waals surface area contributed by atoms with E-state index in [1.54, 1.807) is 0 Å². The molecular weight excluding hydrogens is 284 g/mol. The Hall–Kier alpha value is -2.16. The number of likely N-dealkylation sites (tertiary alicyclic amines) is 1. The van der Waals surface area contributed by atoms with E-state index in [1.165, 1.54) is 0 Å². The smallest absolute Gasteiger partial charge is 0.332 e. The monoisotopic (exact) mass is 302 g/mol. The van der Waals surface area contributed by atoms with Gasteiger partial charge in [0.05, 0.1) is 0 Å². The van der Waals surface area contributed by atoms with Crippen LogP contribution in [0.3, 0.4) is 0 Å². The van der Waals surface area contributed by atoms with Crippen LogP contribution in [0.1, 0.15) is 25.7 Å². The average Bonchev–Trinajstić information content (AvgIpc) is 2.45. The Kier molecular flexibility index (Phi) is 6.10. The van der Waals surface area contributed by atoms with E-state index in [-0.39, 0.29) is 19.5 Å². The minimum absolute atomic E-state index is 0.191. The van der Waals surface area contributed by atoms with E-state index in [9.17, 15) is 19.2 Å². The van der Waals surface area contributed by atoms with E-state index in [1.807, 2.05) is 0 Å². The number of carboxylic acid groups (broad SMARTS) is 2. The average molecular weight is 302 g/mol.